The molecule has 0 bridgehead atoms. The monoisotopic (exact) mass is 591 g/mol. The van der Waals surface area contributed by atoms with Gasteiger partial charge in [0, 0.05) is 26.1 Å². The maximum absolute atomic E-state index is 14.2. The zero-order valence-electron chi connectivity index (χ0n) is 23.1. The molecule has 0 saturated carbocycles. The zero-order valence-corrected chi connectivity index (χ0v) is 23.9. The van der Waals surface area contributed by atoms with E-state index in [0.29, 0.717) is 35.5 Å². The molecule has 0 spiro atoms. The van der Waals surface area contributed by atoms with Crippen LogP contribution >= 0.6 is 11.3 Å². The van der Waals surface area contributed by atoms with Crippen LogP contribution in [0.3, 0.4) is 0 Å². The normalized spacial score (nSPS) is 19.8. The number of hydrogen-bond acceptors (Lipinski definition) is 8. The molecule has 0 aliphatic carbocycles. The van der Waals surface area contributed by atoms with Gasteiger partial charge in [-0.2, -0.15) is 13.2 Å². The fraction of sp³-hybridized carbons (Fsp3) is 0.536. The Kier molecular flexibility index (Phi) is 7.84. The van der Waals surface area contributed by atoms with Crippen molar-refractivity contribution in [3.8, 4) is 0 Å². The standard InChI is InChI=1S/C28H32F3N5O4S/c1-27(2,3)40-26(39)34-15-13-18(16-34)36-23(38)21-22(33-24(36)28(29,30)31)41-25(32-21)35-14-7-10-19(35)20(37)12-11-17-8-5-4-6-9-17/h4-6,8-9,18-19H,7,10-16H2,1-3H3/t18-,19+/m0/s1. The van der Waals surface area contributed by atoms with Crippen LogP contribution in [0.15, 0.2) is 35.1 Å². The minimum Gasteiger partial charge on any atom is -0.444 e. The van der Waals surface area contributed by atoms with E-state index in [2.05, 4.69) is 9.97 Å². The van der Waals surface area contributed by atoms with Gasteiger partial charge in [-0.3, -0.25) is 14.2 Å². The predicted octanol–water partition coefficient (Wildman–Crippen LogP) is 5.22. The van der Waals surface area contributed by atoms with Crippen molar-refractivity contribution in [1.82, 2.24) is 19.4 Å². The molecule has 0 N–H and O–H groups in total. The van der Waals surface area contributed by atoms with Crippen molar-refractivity contribution in [3.05, 3.63) is 52.1 Å². The van der Waals surface area contributed by atoms with Crippen LogP contribution in [0.4, 0.5) is 23.1 Å². The van der Waals surface area contributed by atoms with Crippen LogP contribution in [-0.2, 0) is 22.1 Å². The SMILES string of the molecule is CC(C)(C)OC(=O)N1CC[C@H](n2c(C(F)(F)F)nc3sc(N4CCC[C@@H]4C(=O)CCc4ccccc4)nc3c2=O)C1. The van der Waals surface area contributed by atoms with Crippen molar-refractivity contribution in [1.29, 1.82) is 0 Å². The number of benzene rings is 1. The Bertz CT molecular complexity index is 1500. The maximum atomic E-state index is 14.2. The van der Waals surface area contributed by atoms with Gasteiger partial charge in [-0.1, -0.05) is 41.7 Å². The molecule has 1 aromatic carbocycles. The van der Waals surface area contributed by atoms with Gasteiger partial charge in [-0.05, 0) is 52.0 Å². The van der Waals surface area contributed by atoms with Gasteiger partial charge in [0.1, 0.15) is 5.60 Å². The predicted molar refractivity (Wildman–Crippen MR) is 148 cm³/mol. The molecule has 41 heavy (non-hydrogen) atoms. The minimum absolute atomic E-state index is 0.0279. The topological polar surface area (TPSA) is 97.6 Å². The molecule has 2 aromatic heterocycles. The third-order valence-corrected chi connectivity index (χ3v) is 8.25. The molecular formula is C28H32F3N5O4S. The Morgan fingerprint density at radius 2 is 1.80 bits per heavy atom. The van der Waals surface area contributed by atoms with Crippen molar-refractivity contribution < 1.29 is 27.5 Å². The summed E-state index contributed by atoms with van der Waals surface area (Å²) in [6.07, 6.45) is -3.16. The number of halogens is 3. The van der Waals surface area contributed by atoms with E-state index in [1.54, 1.807) is 25.7 Å². The van der Waals surface area contributed by atoms with E-state index in [1.165, 1.54) is 4.90 Å². The summed E-state index contributed by atoms with van der Waals surface area (Å²) >= 11 is 0.891. The van der Waals surface area contributed by atoms with E-state index in [9.17, 15) is 27.6 Å². The summed E-state index contributed by atoms with van der Waals surface area (Å²) in [5.74, 6) is -1.29. The Morgan fingerprint density at radius 1 is 1.07 bits per heavy atom. The van der Waals surface area contributed by atoms with Gasteiger partial charge in [0.2, 0.25) is 5.82 Å². The van der Waals surface area contributed by atoms with E-state index < -0.39 is 41.3 Å². The molecule has 0 unspecified atom stereocenters. The first kappa shape index (κ1) is 29.0. The number of hydrogen-bond donors (Lipinski definition) is 0. The number of thiazole rings is 1. The lowest BCUT2D eigenvalue weighted by atomic mass is 10.0. The highest BCUT2D eigenvalue weighted by Gasteiger charge is 2.42. The Labute approximate surface area is 238 Å². The highest BCUT2D eigenvalue weighted by Crippen LogP contribution is 2.36. The van der Waals surface area contributed by atoms with E-state index >= 15 is 0 Å². The lowest BCUT2D eigenvalue weighted by Gasteiger charge is -2.25. The number of carbonyl (C=O) groups excluding carboxylic acids is 2. The van der Waals surface area contributed by atoms with Crippen LogP contribution in [0.25, 0.3) is 10.3 Å². The van der Waals surface area contributed by atoms with Crippen molar-refractivity contribution in [2.75, 3.05) is 24.5 Å². The van der Waals surface area contributed by atoms with Gasteiger partial charge in [0.15, 0.2) is 21.3 Å². The number of ether oxygens (including phenoxy) is 1. The molecule has 1 amide bonds. The number of aryl methyl sites for hydroxylation is 1. The average molecular weight is 592 g/mol. The average Bonchev–Trinajstić information content (AvgIpc) is 3.65. The number of rotatable bonds is 6. The van der Waals surface area contributed by atoms with Crippen molar-refractivity contribution >= 4 is 38.7 Å². The molecular weight excluding hydrogens is 559 g/mol. The summed E-state index contributed by atoms with van der Waals surface area (Å²) in [7, 11) is 0. The van der Waals surface area contributed by atoms with Crippen LogP contribution in [-0.4, -0.2) is 62.6 Å². The van der Waals surface area contributed by atoms with Gasteiger partial charge in [-0.15, -0.1) is 0 Å². The second-order valence-corrected chi connectivity index (χ2v) is 12.4. The Hall–Kier alpha value is -3.48. The van der Waals surface area contributed by atoms with Gasteiger partial charge in [-0.25, -0.2) is 14.8 Å². The smallest absolute Gasteiger partial charge is 0.444 e. The van der Waals surface area contributed by atoms with Crippen LogP contribution in [0, 0.1) is 0 Å². The second kappa shape index (κ2) is 11.1. The van der Waals surface area contributed by atoms with Gasteiger partial charge in [0.25, 0.3) is 5.56 Å². The number of ketones is 1. The van der Waals surface area contributed by atoms with E-state index in [1.807, 2.05) is 30.3 Å². The molecule has 2 fully saturated rings. The molecule has 220 valence electrons. The van der Waals surface area contributed by atoms with Crippen LogP contribution < -0.4 is 10.5 Å². The van der Waals surface area contributed by atoms with Crippen molar-refractivity contribution in [3.63, 3.8) is 0 Å². The lowest BCUT2D eigenvalue weighted by Crippen LogP contribution is -2.38. The third kappa shape index (κ3) is 6.24. The highest BCUT2D eigenvalue weighted by atomic mass is 32.1. The fourth-order valence-corrected chi connectivity index (χ4v) is 6.40. The first-order valence-corrected chi connectivity index (χ1v) is 14.4. The van der Waals surface area contributed by atoms with Gasteiger partial charge < -0.3 is 14.5 Å². The molecule has 2 aliphatic rings. The lowest BCUT2D eigenvalue weighted by molar-refractivity contribution is -0.148. The Morgan fingerprint density at radius 3 is 2.49 bits per heavy atom. The van der Waals surface area contributed by atoms with Gasteiger partial charge in [0.05, 0.1) is 12.1 Å². The number of nitrogens with zero attached hydrogens (tertiary/aromatic N) is 5. The number of alkyl halides is 3. The number of anilines is 1. The first-order valence-electron chi connectivity index (χ1n) is 13.6. The van der Waals surface area contributed by atoms with E-state index in [4.69, 9.17) is 4.74 Å². The highest BCUT2D eigenvalue weighted by molar-refractivity contribution is 7.21. The summed E-state index contributed by atoms with van der Waals surface area (Å²) in [4.78, 5) is 50.4. The summed E-state index contributed by atoms with van der Waals surface area (Å²) in [5.41, 5.74) is -0.799. The van der Waals surface area contributed by atoms with Crippen molar-refractivity contribution in [2.24, 2.45) is 0 Å². The molecule has 2 saturated heterocycles. The number of fused-ring (bicyclic) bond motifs is 1. The largest absolute Gasteiger partial charge is 0.449 e. The molecule has 2 aliphatic heterocycles. The van der Waals surface area contributed by atoms with Crippen LogP contribution in [0.2, 0.25) is 0 Å². The first-order chi connectivity index (χ1) is 19.3. The quantitative estimate of drug-likeness (QED) is 0.388. The zero-order chi connectivity index (χ0) is 29.5. The summed E-state index contributed by atoms with van der Waals surface area (Å²) in [6, 6.07) is 8.26. The van der Waals surface area contributed by atoms with E-state index in [0.717, 1.165) is 23.3 Å². The summed E-state index contributed by atoms with van der Waals surface area (Å²) < 4.78 is 48.6. The fourth-order valence-electron chi connectivity index (χ4n) is 5.39. The third-order valence-electron chi connectivity index (χ3n) is 7.26. The molecule has 5 rings (SSSR count). The van der Waals surface area contributed by atoms with Crippen LogP contribution in [0.1, 0.15) is 63.9 Å². The van der Waals surface area contributed by atoms with E-state index in [-0.39, 0.29) is 35.6 Å². The molecule has 3 aromatic rings. The molecule has 0 radical (unpaired) electrons. The molecule has 2 atom stereocenters. The summed E-state index contributed by atoms with van der Waals surface area (Å²) in [5, 5.41) is 0.313. The minimum atomic E-state index is -4.90. The maximum Gasteiger partial charge on any atom is 0.449 e. The number of carbonyl (C=O) groups is 2. The molecule has 13 heteroatoms. The number of likely N-dealkylation sites (tertiary alicyclic amines) is 1. The molecule has 4 heterocycles. The summed E-state index contributed by atoms with van der Waals surface area (Å²) in [6.45, 7) is 5.63. The number of amides is 1. The molecule has 9 nitrogen and oxygen atoms in total. The van der Waals surface area contributed by atoms with Gasteiger partial charge >= 0.3 is 12.3 Å². The number of aromatic nitrogens is 3. The number of Topliss-reactive ketones (excluding diaryl/α,β-unsaturated/α-hetero) is 1. The second-order valence-electron chi connectivity index (χ2n) is 11.4. The van der Waals surface area contributed by atoms with Crippen LogP contribution in [0.5, 0.6) is 0 Å². The van der Waals surface area contributed by atoms with Crippen molar-refractivity contribution in [2.45, 2.75) is 76.7 Å². The Balaban J connectivity index is 1.42.